The quantitative estimate of drug-likeness (QED) is 0.260. The normalized spacial score (nSPS) is 12.3. The molecule has 7 nitrogen and oxygen atoms in total. The number of nitrogens with one attached hydrogen (secondary N) is 2. The minimum absolute atomic E-state index is 0. The van der Waals surface area contributed by atoms with E-state index in [1.54, 1.807) is 12.1 Å². The van der Waals surface area contributed by atoms with E-state index < -0.39 is 0 Å². The van der Waals surface area contributed by atoms with Crippen molar-refractivity contribution in [2.45, 2.75) is 33.2 Å². The van der Waals surface area contributed by atoms with E-state index >= 15 is 0 Å². The Morgan fingerprint density at radius 3 is 2.62 bits per heavy atom. The van der Waals surface area contributed by atoms with E-state index in [-0.39, 0.29) is 30.0 Å². The Kier molecular flexibility index (Phi) is 8.97. The molecule has 9 heteroatoms. The highest BCUT2D eigenvalue weighted by Gasteiger charge is 2.12. The fourth-order valence-corrected chi connectivity index (χ4v) is 2.74. The molecule has 0 amide bonds. The SMILES string of the molecule is CCNC(=NCCc1nc(-c2ccc(Cl)cc2)no1)NC(C)c1ccc(C)o1.I. The second-order valence-corrected chi connectivity index (χ2v) is 6.78. The Hall–Kier alpha value is -2.07. The third-order valence-corrected chi connectivity index (χ3v) is 4.30. The Labute approximate surface area is 192 Å². The van der Waals surface area contributed by atoms with Gasteiger partial charge in [-0.05, 0) is 57.2 Å². The summed E-state index contributed by atoms with van der Waals surface area (Å²) >= 11 is 5.91. The van der Waals surface area contributed by atoms with E-state index in [9.17, 15) is 0 Å². The first-order chi connectivity index (χ1) is 13.5. The lowest BCUT2D eigenvalue weighted by atomic mass is 10.2. The first-order valence-corrected chi connectivity index (χ1v) is 9.62. The third kappa shape index (κ3) is 6.74. The van der Waals surface area contributed by atoms with Crippen LogP contribution in [-0.2, 0) is 6.42 Å². The lowest BCUT2D eigenvalue weighted by Gasteiger charge is -2.16. The van der Waals surface area contributed by atoms with E-state index in [0.717, 1.165) is 23.6 Å². The van der Waals surface area contributed by atoms with Crippen molar-refractivity contribution in [3.8, 4) is 11.4 Å². The zero-order valence-corrected chi connectivity index (χ0v) is 19.7. The molecule has 3 aromatic rings. The zero-order valence-electron chi connectivity index (χ0n) is 16.6. The van der Waals surface area contributed by atoms with Crippen LogP contribution in [0, 0.1) is 6.92 Å². The number of hydrogen-bond acceptors (Lipinski definition) is 5. The van der Waals surface area contributed by atoms with E-state index in [1.807, 2.05) is 45.0 Å². The first kappa shape index (κ1) is 23.2. The van der Waals surface area contributed by atoms with Crippen molar-refractivity contribution in [3.05, 3.63) is 58.8 Å². The molecule has 0 spiro atoms. The number of aryl methyl sites for hydroxylation is 1. The van der Waals surface area contributed by atoms with Crippen LogP contribution < -0.4 is 10.6 Å². The van der Waals surface area contributed by atoms with Crippen molar-refractivity contribution < 1.29 is 8.94 Å². The van der Waals surface area contributed by atoms with Crippen molar-refractivity contribution >= 4 is 41.5 Å². The van der Waals surface area contributed by atoms with Gasteiger partial charge in [0.1, 0.15) is 11.5 Å². The average molecular weight is 530 g/mol. The van der Waals surface area contributed by atoms with Crippen LogP contribution in [0.25, 0.3) is 11.4 Å². The molecule has 0 aliphatic rings. The van der Waals surface area contributed by atoms with Crippen LogP contribution in [-0.4, -0.2) is 29.2 Å². The number of furan rings is 1. The zero-order chi connectivity index (χ0) is 19.9. The lowest BCUT2D eigenvalue weighted by molar-refractivity contribution is 0.380. The van der Waals surface area contributed by atoms with Crippen molar-refractivity contribution in [1.82, 2.24) is 20.8 Å². The largest absolute Gasteiger partial charge is 0.464 e. The van der Waals surface area contributed by atoms with Gasteiger partial charge in [0.05, 0.1) is 12.6 Å². The summed E-state index contributed by atoms with van der Waals surface area (Å²) in [4.78, 5) is 9.00. The highest BCUT2D eigenvalue weighted by atomic mass is 127. The fraction of sp³-hybridized carbons (Fsp3) is 0.350. The van der Waals surface area contributed by atoms with Crippen molar-refractivity contribution in [3.63, 3.8) is 0 Å². The number of aliphatic imine (C=N–C) groups is 1. The van der Waals surface area contributed by atoms with Gasteiger partial charge in [0.25, 0.3) is 0 Å². The summed E-state index contributed by atoms with van der Waals surface area (Å²) in [7, 11) is 0. The molecule has 0 bridgehead atoms. The standard InChI is InChI=1S/C20H24ClN5O2.HI/c1-4-22-20(24-14(3)17-10-5-13(2)27-17)23-12-11-18-25-19(26-28-18)15-6-8-16(21)9-7-15;/h5-10,14H,4,11-12H2,1-3H3,(H2,22,23,24);1H. The summed E-state index contributed by atoms with van der Waals surface area (Å²) in [5.41, 5.74) is 0.862. The molecule has 0 saturated carbocycles. The molecule has 0 aliphatic carbocycles. The monoisotopic (exact) mass is 529 g/mol. The Morgan fingerprint density at radius 2 is 1.97 bits per heavy atom. The molecule has 2 aromatic heterocycles. The molecule has 29 heavy (non-hydrogen) atoms. The van der Waals surface area contributed by atoms with E-state index in [1.165, 1.54) is 0 Å². The fourth-order valence-electron chi connectivity index (χ4n) is 2.62. The predicted molar refractivity (Wildman–Crippen MR) is 125 cm³/mol. The molecule has 156 valence electrons. The molecule has 0 aliphatic heterocycles. The van der Waals surface area contributed by atoms with Crippen LogP contribution in [0.4, 0.5) is 0 Å². The van der Waals surface area contributed by atoms with Crippen LogP contribution in [0.1, 0.15) is 37.3 Å². The van der Waals surface area contributed by atoms with Crippen molar-refractivity contribution in [1.29, 1.82) is 0 Å². The minimum atomic E-state index is 0. The lowest BCUT2D eigenvalue weighted by Crippen LogP contribution is -2.38. The molecule has 3 rings (SSSR count). The predicted octanol–water partition coefficient (Wildman–Crippen LogP) is 4.77. The van der Waals surface area contributed by atoms with Gasteiger partial charge in [-0.15, -0.1) is 24.0 Å². The summed E-state index contributed by atoms with van der Waals surface area (Å²) in [6.07, 6.45) is 0.547. The van der Waals surface area contributed by atoms with Gasteiger partial charge in [-0.25, -0.2) is 0 Å². The Morgan fingerprint density at radius 1 is 1.21 bits per heavy atom. The van der Waals surface area contributed by atoms with Gasteiger partial charge >= 0.3 is 0 Å². The molecule has 2 heterocycles. The molecular formula is C20H25ClIN5O2. The van der Waals surface area contributed by atoms with Crippen LogP contribution in [0.3, 0.4) is 0 Å². The molecule has 1 unspecified atom stereocenters. The highest BCUT2D eigenvalue weighted by molar-refractivity contribution is 14.0. The highest BCUT2D eigenvalue weighted by Crippen LogP contribution is 2.19. The van der Waals surface area contributed by atoms with Crippen LogP contribution in [0.15, 0.2) is 50.3 Å². The number of nitrogens with zero attached hydrogens (tertiary/aromatic N) is 3. The number of rotatable bonds is 7. The van der Waals surface area contributed by atoms with Crippen molar-refractivity contribution in [2.24, 2.45) is 4.99 Å². The maximum atomic E-state index is 5.91. The summed E-state index contributed by atoms with van der Waals surface area (Å²) in [5.74, 6) is 3.55. The molecule has 2 N–H and O–H groups in total. The van der Waals surface area contributed by atoms with Crippen LogP contribution >= 0.6 is 35.6 Å². The summed E-state index contributed by atoms with van der Waals surface area (Å²) in [6.45, 7) is 7.26. The number of hydrogen-bond donors (Lipinski definition) is 2. The second kappa shape index (κ2) is 11.2. The second-order valence-electron chi connectivity index (χ2n) is 6.34. The summed E-state index contributed by atoms with van der Waals surface area (Å²) in [5, 5.41) is 11.3. The van der Waals surface area contributed by atoms with Gasteiger partial charge in [-0.3, -0.25) is 4.99 Å². The first-order valence-electron chi connectivity index (χ1n) is 9.25. The molecule has 0 radical (unpaired) electrons. The van der Waals surface area contributed by atoms with E-state index in [2.05, 4.69) is 25.8 Å². The van der Waals surface area contributed by atoms with E-state index in [4.69, 9.17) is 20.5 Å². The number of halogens is 2. The minimum Gasteiger partial charge on any atom is -0.464 e. The maximum absolute atomic E-state index is 5.91. The molecule has 0 saturated heterocycles. The molecule has 1 atom stereocenters. The number of benzene rings is 1. The van der Waals surface area contributed by atoms with Gasteiger partial charge in [-0.2, -0.15) is 4.98 Å². The van der Waals surface area contributed by atoms with Crippen LogP contribution in [0.5, 0.6) is 0 Å². The number of guanidine groups is 1. The number of aromatic nitrogens is 2. The Bertz CT molecular complexity index is 923. The summed E-state index contributed by atoms with van der Waals surface area (Å²) in [6, 6.07) is 11.2. The third-order valence-electron chi connectivity index (χ3n) is 4.05. The Balaban J connectivity index is 0.00000300. The van der Waals surface area contributed by atoms with Gasteiger partial charge in [0, 0.05) is 23.6 Å². The molecular weight excluding hydrogens is 505 g/mol. The van der Waals surface area contributed by atoms with Crippen molar-refractivity contribution in [2.75, 3.05) is 13.1 Å². The van der Waals surface area contributed by atoms with Gasteiger partial charge in [-0.1, -0.05) is 16.8 Å². The average Bonchev–Trinajstić information content (AvgIpc) is 3.32. The molecule has 1 aromatic carbocycles. The smallest absolute Gasteiger partial charge is 0.228 e. The topological polar surface area (TPSA) is 88.5 Å². The molecule has 0 fully saturated rings. The van der Waals surface area contributed by atoms with Gasteiger partial charge < -0.3 is 19.6 Å². The van der Waals surface area contributed by atoms with E-state index in [0.29, 0.717) is 35.7 Å². The summed E-state index contributed by atoms with van der Waals surface area (Å²) < 4.78 is 11.0. The van der Waals surface area contributed by atoms with Crippen LogP contribution in [0.2, 0.25) is 5.02 Å². The van der Waals surface area contributed by atoms with Gasteiger partial charge in [0.2, 0.25) is 11.7 Å². The maximum Gasteiger partial charge on any atom is 0.228 e. The van der Waals surface area contributed by atoms with Gasteiger partial charge in [0.15, 0.2) is 5.96 Å².